The number of hydrogen-bond acceptors (Lipinski definition) is 4. The molecular weight excluding hydrogens is 226 g/mol. The van der Waals surface area contributed by atoms with Gasteiger partial charge in [-0.1, -0.05) is 18.2 Å². The van der Waals surface area contributed by atoms with Crippen LogP contribution in [-0.2, 0) is 0 Å². The van der Waals surface area contributed by atoms with Crippen molar-refractivity contribution in [2.24, 2.45) is 0 Å². The minimum absolute atomic E-state index is 0.613. The van der Waals surface area contributed by atoms with Crippen LogP contribution >= 0.6 is 0 Å². The van der Waals surface area contributed by atoms with Gasteiger partial charge in [0, 0.05) is 16.2 Å². The summed E-state index contributed by atoms with van der Waals surface area (Å²) in [6.07, 6.45) is 1.55. The molecule has 0 aliphatic rings. The van der Waals surface area contributed by atoms with Crippen molar-refractivity contribution in [3.05, 3.63) is 42.6 Å². The van der Waals surface area contributed by atoms with Crippen molar-refractivity contribution in [2.75, 3.05) is 5.73 Å². The lowest BCUT2D eigenvalue weighted by molar-refractivity contribution is 0.669. The average Bonchev–Trinajstić information content (AvgIpc) is 2.75. The molecule has 86 valence electrons. The highest BCUT2D eigenvalue weighted by molar-refractivity contribution is 6.10. The number of anilines is 1. The van der Waals surface area contributed by atoms with Crippen molar-refractivity contribution in [1.82, 2.24) is 10.2 Å². The SMILES string of the molecule is Nc1cnnc2cc3c(cc12)oc1ccccc13. The topological polar surface area (TPSA) is 64.9 Å². The molecule has 4 aromatic rings. The first-order valence-corrected chi connectivity index (χ1v) is 5.65. The van der Waals surface area contributed by atoms with Gasteiger partial charge in [0.05, 0.1) is 17.4 Å². The van der Waals surface area contributed by atoms with E-state index in [1.165, 1.54) is 0 Å². The Balaban J connectivity index is 2.27. The van der Waals surface area contributed by atoms with E-state index in [1.54, 1.807) is 6.20 Å². The van der Waals surface area contributed by atoms with Gasteiger partial charge in [-0.2, -0.15) is 10.2 Å². The summed E-state index contributed by atoms with van der Waals surface area (Å²) >= 11 is 0. The third kappa shape index (κ3) is 1.14. The molecular formula is C14H9N3O. The lowest BCUT2D eigenvalue weighted by atomic mass is 10.1. The fourth-order valence-corrected chi connectivity index (χ4v) is 2.30. The molecule has 4 heteroatoms. The lowest BCUT2D eigenvalue weighted by Crippen LogP contribution is -1.91. The molecule has 2 N–H and O–H groups in total. The van der Waals surface area contributed by atoms with Crippen molar-refractivity contribution in [3.63, 3.8) is 0 Å². The number of furan rings is 1. The second-order valence-electron chi connectivity index (χ2n) is 4.26. The van der Waals surface area contributed by atoms with E-state index in [0.29, 0.717) is 5.69 Å². The number of nitrogens with zero attached hydrogens (tertiary/aromatic N) is 2. The molecule has 0 radical (unpaired) electrons. The standard InChI is InChI=1S/C14H9N3O/c15-11-7-16-17-12-5-9-8-3-1-2-4-13(8)18-14(9)6-10(11)12/h1-7H,(H2,15,17). The summed E-state index contributed by atoms with van der Waals surface area (Å²) in [6, 6.07) is 11.8. The summed E-state index contributed by atoms with van der Waals surface area (Å²) in [5, 5.41) is 11.0. The monoisotopic (exact) mass is 235 g/mol. The molecule has 0 aliphatic heterocycles. The molecule has 0 fully saturated rings. The molecule has 2 aromatic heterocycles. The zero-order valence-electron chi connectivity index (χ0n) is 9.42. The van der Waals surface area contributed by atoms with Gasteiger partial charge >= 0.3 is 0 Å². The van der Waals surface area contributed by atoms with Crippen LogP contribution in [0.3, 0.4) is 0 Å². The van der Waals surface area contributed by atoms with E-state index in [0.717, 1.165) is 32.8 Å². The fraction of sp³-hybridized carbons (Fsp3) is 0. The molecule has 2 heterocycles. The van der Waals surface area contributed by atoms with Gasteiger partial charge in [-0.3, -0.25) is 0 Å². The quantitative estimate of drug-likeness (QED) is 0.508. The maximum Gasteiger partial charge on any atom is 0.136 e. The molecule has 0 spiro atoms. The smallest absolute Gasteiger partial charge is 0.136 e. The summed E-state index contributed by atoms with van der Waals surface area (Å²) in [5.41, 5.74) is 8.99. The zero-order valence-corrected chi connectivity index (χ0v) is 9.42. The first-order valence-electron chi connectivity index (χ1n) is 5.65. The molecule has 4 nitrogen and oxygen atoms in total. The highest BCUT2D eigenvalue weighted by Crippen LogP contribution is 2.32. The largest absolute Gasteiger partial charge is 0.456 e. The van der Waals surface area contributed by atoms with Gasteiger partial charge in [0.15, 0.2) is 0 Å². The van der Waals surface area contributed by atoms with Crippen molar-refractivity contribution in [2.45, 2.75) is 0 Å². The molecule has 0 saturated heterocycles. The van der Waals surface area contributed by atoms with E-state index in [1.807, 2.05) is 36.4 Å². The van der Waals surface area contributed by atoms with Crippen LogP contribution in [0.15, 0.2) is 47.0 Å². The number of nitrogens with two attached hydrogens (primary N) is 1. The normalized spacial score (nSPS) is 11.6. The van der Waals surface area contributed by atoms with Crippen LogP contribution in [0.5, 0.6) is 0 Å². The zero-order chi connectivity index (χ0) is 12.1. The Morgan fingerprint density at radius 2 is 1.83 bits per heavy atom. The maximum absolute atomic E-state index is 5.90. The minimum atomic E-state index is 0.613. The highest BCUT2D eigenvalue weighted by Gasteiger charge is 2.09. The van der Waals surface area contributed by atoms with Crippen molar-refractivity contribution >= 4 is 38.5 Å². The van der Waals surface area contributed by atoms with Gasteiger partial charge in [0.2, 0.25) is 0 Å². The van der Waals surface area contributed by atoms with Crippen LogP contribution < -0.4 is 5.73 Å². The Labute approximate surface area is 102 Å². The second kappa shape index (κ2) is 3.20. The Hall–Kier alpha value is -2.62. The minimum Gasteiger partial charge on any atom is -0.456 e. The van der Waals surface area contributed by atoms with Crippen LogP contribution in [0.2, 0.25) is 0 Å². The summed E-state index contributed by atoms with van der Waals surface area (Å²) in [4.78, 5) is 0. The van der Waals surface area contributed by atoms with Gasteiger partial charge in [-0.25, -0.2) is 0 Å². The van der Waals surface area contributed by atoms with Crippen LogP contribution in [0, 0.1) is 0 Å². The van der Waals surface area contributed by atoms with E-state index < -0.39 is 0 Å². The van der Waals surface area contributed by atoms with Gasteiger partial charge in [0.25, 0.3) is 0 Å². The molecule has 0 aliphatic carbocycles. The number of aromatic nitrogens is 2. The molecule has 0 unspecified atom stereocenters. The van der Waals surface area contributed by atoms with Crippen LogP contribution in [-0.4, -0.2) is 10.2 Å². The van der Waals surface area contributed by atoms with Gasteiger partial charge in [-0.05, 0) is 18.2 Å². The van der Waals surface area contributed by atoms with E-state index in [2.05, 4.69) is 10.2 Å². The second-order valence-corrected chi connectivity index (χ2v) is 4.26. The molecule has 2 aromatic carbocycles. The average molecular weight is 235 g/mol. The number of benzene rings is 2. The molecule has 0 amide bonds. The molecule has 0 atom stereocenters. The van der Waals surface area contributed by atoms with Crippen LogP contribution in [0.4, 0.5) is 5.69 Å². The number of rotatable bonds is 0. The van der Waals surface area contributed by atoms with Gasteiger partial charge in [0.1, 0.15) is 11.2 Å². The number of hydrogen-bond donors (Lipinski definition) is 1. The third-order valence-corrected chi connectivity index (χ3v) is 3.17. The van der Waals surface area contributed by atoms with Crippen LogP contribution in [0.25, 0.3) is 32.8 Å². The predicted octanol–water partition coefficient (Wildman–Crippen LogP) is 3.11. The first-order chi connectivity index (χ1) is 8.83. The fourth-order valence-electron chi connectivity index (χ4n) is 2.30. The van der Waals surface area contributed by atoms with E-state index >= 15 is 0 Å². The van der Waals surface area contributed by atoms with Crippen molar-refractivity contribution < 1.29 is 4.42 Å². The van der Waals surface area contributed by atoms with E-state index in [9.17, 15) is 0 Å². The Bertz CT molecular complexity index is 895. The summed E-state index contributed by atoms with van der Waals surface area (Å²) in [7, 11) is 0. The molecule has 0 saturated carbocycles. The van der Waals surface area contributed by atoms with E-state index in [-0.39, 0.29) is 0 Å². The summed E-state index contributed by atoms with van der Waals surface area (Å²) in [5.74, 6) is 0. The predicted molar refractivity (Wildman–Crippen MR) is 71.2 cm³/mol. The van der Waals surface area contributed by atoms with Crippen molar-refractivity contribution in [1.29, 1.82) is 0 Å². The highest BCUT2D eigenvalue weighted by atomic mass is 16.3. The number of nitrogen functional groups attached to an aromatic ring is 1. The Kier molecular flexibility index (Phi) is 1.67. The van der Waals surface area contributed by atoms with Gasteiger partial charge in [-0.15, -0.1) is 0 Å². The number of fused-ring (bicyclic) bond motifs is 4. The van der Waals surface area contributed by atoms with E-state index in [4.69, 9.17) is 10.2 Å². The number of para-hydroxylation sites is 1. The Morgan fingerprint density at radius 1 is 0.944 bits per heavy atom. The van der Waals surface area contributed by atoms with Crippen LogP contribution in [0.1, 0.15) is 0 Å². The summed E-state index contributed by atoms with van der Waals surface area (Å²) in [6.45, 7) is 0. The molecule has 18 heavy (non-hydrogen) atoms. The summed E-state index contributed by atoms with van der Waals surface area (Å²) < 4.78 is 5.81. The van der Waals surface area contributed by atoms with Gasteiger partial charge < -0.3 is 10.2 Å². The Morgan fingerprint density at radius 3 is 2.78 bits per heavy atom. The lowest BCUT2D eigenvalue weighted by Gasteiger charge is -1.99. The van der Waals surface area contributed by atoms with Crippen molar-refractivity contribution in [3.8, 4) is 0 Å². The molecule has 0 bridgehead atoms. The third-order valence-electron chi connectivity index (χ3n) is 3.17. The maximum atomic E-state index is 5.90. The molecule has 4 rings (SSSR count). The first kappa shape index (κ1) is 9.41.